The number of carbonyl (C=O) groups is 1. The van der Waals surface area contributed by atoms with Crippen LogP contribution in [0.3, 0.4) is 0 Å². The summed E-state index contributed by atoms with van der Waals surface area (Å²) >= 11 is 0. The lowest BCUT2D eigenvalue weighted by Gasteiger charge is -2.18. The first-order valence-corrected chi connectivity index (χ1v) is 9.32. The van der Waals surface area contributed by atoms with Crippen molar-refractivity contribution >= 4 is 15.7 Å². The van der Waals surface area contributed by atoms with Crippen LogP contribution in [0, 0.1) is 5.82 Å². The SMILES string of the molecule is C[C@H](C(=O)N[C@H](C)c1ccccc1)S(=O)(=O)Cc1ccc(F)cc1. The molecule has 0 bridgehead atoms. The molecule has 0 radical (unpaired) electrons. The molecule has 0 aromatic heterocycles. The molecule has 0 aliphatic heterocycles. The second-order valence-electron chi connectivity index (χ2n) is 5.72. The van der Waals surface area contributed by atoms with Gasteiger partial charge in [0.1, 0.15) is 11.1 Å². The summed E-state index contributed by atoms with van der Waals surface area (Å²) in [5.41, 5.74) is 1.35. The predicted molar refractivity (Wildman–Crippen MR) is 91.5 cm³/mol. The van der Waals surface area contributed by atoms with E-state index < -0.39 is 26.8 Å². The Morgan fingerprint density at radius 3 is 2.21 bits per heavy atom. The summed E-state index contributed by atoms with van der Waals surface area (Å²) < 4.78 is 37.7. The quantitative estimate of drug-likeness (QED) is 0.872. The number of carbonyl (C=O) groups excluding carboxylic acids is 1. The number of sulfone groups is 1. The van der Waals surface area contributed by atoms with Crippen LogP contribution in [0.15, 0.2) is 54.6 Å². The van der Waals surface area contributed by atoms with Gasteiger partial charge in [-0.2, -0.15) is 0 Å². The lowest BCUT2D eigenvalue weighted by atomic mass is 10.1. The van der Waals surface area contributed by atoms with Crippen LogP contribution in [0.5, 0.6) is 0 Å². The third-order valence-electron chi connectivity index (χ3n) is 3.85. The minimum absolute atomic E-state index is 0.290. The molecule has 1 N–H and O–H groups in total. The van der Waals surface area contributed by atoms with Crippen molar-refractivity contribution in [3.05, 3.63) is 71.5 Å². The van der Waals surface area contributed by atoms with Crippen LogP contribution in [0.4, 0.5) is 4.39 Å². The van der Waals surface area contributed by atoms with Crippen molar-refractivity contribution in [2.24, 2.45) is 0 Å². The van der Waals surface area contributed by atoms with Crippen LogP contribution >= 0.6 is 0 Å². The Kier molecular flexibility index (Phi) is 5.72. The number of hydrogen-bond donors (Lipinski definition) is 1. The van der Waals surface area contributed by atoms with Crippen LogP contribution in [0.2, 0.25) is 0 Å². The Morgan fingerprint density at radius 1 is 1.04 bits per heavy atom. The fourth-order valence-corrected chi connectivity index (χ4v) is 3.56. The molecule has 0 aliphatic rings. The van der Waals surface area contributed by atoms with Crippen LogP contribution in [-0.4, -0.2) is 19.6 Å². The number of amides is 1. The highest BCUT2D eigenvalue weighted by Gasteiger charge is 2.29. The van der Waals surface area contributed by atoms with Gasteiger partial charge < -0.3 is 5.32 Å². The average molecular weight is 349 g/mol. The van der Waals surface area contributed by atoms with Gasteiger partial charge in [-0.05, 0) is 37.1 Å². The van der Waals surface area contributed by atoms with E-state index in [0.29, 0.717) is 5.56 Å². The van der Waals surface area contributed by atoms with Crippen molar-refractivity contribution < 1.29 is 17.6 Å². The van der Waals surface area contributed by atoms with E-state index in [9.17, 15) is 17.6 Å². The van der Waals surface area contributed by atoms with Gasteiger partial charge in [0.2, 0.25) is 5.91 Å². The molecule has 24 heavy (non-hydrogen) atoms. The first kappa shape index (κ1) is 18.1. The van der Waals surface area contributed by atoms with Gasteiger partial charge in [-0.1, -0.05) is 42.5 Å². The van der Waals surface area contributed by atoms with Crippen LogP contribution in [0.1, 0.15) is 31.0 Å². The zero-order chi connectivity index (χ0) is 17.7. The first-order chi connectivity index (χ1) is 11.3. The smallest absolute Gasteiger partial charge is 0.238 e. The maximum atomic E-state index is 12.9. The Morgan fingerprint density at radius 2 is 1.62 bits per heavy atom. The van der Waals surface area contributed by atoms with Gasteiger partial charge in [-0.3, -0.25) is 4.79 Å². The highest BCUT2D eigenvalue weighted by atomic mass is 32.2. The third kappa shape index (κ3) is 4.64. The van der Waals surface area contributed by atoms with Gasteiger partial charge >= 0.3 is 0 Å². The van der Waals surface area contributed by atoms with E-state index in [2.05, 4.69) is 5.32 Å². The summed E-state index contributed by atoms with van der Waals surface area (Å²) in [5.74, 6) is -1.28. The second kappa shape index (κ2) is 7.57. The van der Waals surface area contributed by atoms with Crippen LogP contribution < -0.4 is 5.32 Å². The summed E-state index contributed by atoms with van der Waals surface area (Å²) in [7, 11) is -3.69. The van der Waals surface area contributed by atoms with Crippen LogP contribution in [-0.2, 0) is 20.4 Å². The van der Waals surface area contributed by atoms with Crippen molar-refractivity contribution in [1.29, 1.82) is 0 Å². The molecule has 128 valence electrons. The van der Waals surface area contributed by atoms with E-state index in [1.165, 1.54) is 31.2 Å². The normalized spacial score (nSPS) is 14.0. The van der Waals surface area contributed by atoms with E-state index in [4.69, 9.17) is 0 Å². The molecule has 4 nitrogen and oxygen atoms in total. The lowest BCUT2D eigenvalue weighted by molar-refractivity contribution is -0.121. The highest BCUT2D eigenvalue weighted by Crippen LogP contribution is 2.15. The molecule has 1 amide bonds. The summed E-state index contributed by atoms with van der Waals surface area (Å²) in [6.07, 6.45) is 0. The zero-order valence-electron chi connectivity index (χ0n) is 13.6. The van der Waals surface area contributed by atoms with Gasteiger partial charge in [0.15, 0.2) is 9.84 Å². The van der Waals surface area contributed by atoms with Crippen LogP contribution in [0.25, 0.3) is 0 Å². The van der Waals surface area contributed by atoms with Gasteiger partial charge in [-0.25, -0.2) is 12.8 Å². The average Bonchev–Trinajstić information content (AvgIpc) is 2.56. The lowest BCUT2D eigenvalue weighted by Crippen LogP contribution is -2.39. The van der Waals surface area contributed by atoms with E-state index in [-0.39, 0.29) is 11.8 Å². The third-order valence-corrected chi connectivity index (χ3v) is 5.87. The molecule has 0 saturated carbocycles. The summed E-state index contributed by atoms with van der Waals surface area (Å²) in [6, 6.07) is 14.2. The van der Waals surface area contributed by atoms with Crippen molar-refractivity contribution in [3.8, 4) is 0 Å². The van der Waals surface area contributed by atoms with Crippen molar-refractivity contribution in [3.63, 3.8) is 0 Å². The standard InChI is InChI=1S/C18H20FNO3S/c1-13(16-6-4-3-5-7-16)20-18(21)14(2)24(22,23)12-15-8-10-17(19)11-9-15/h3-11,13-14H,12H2,1-2H3,(H,20,21)/t13-,14-/m1/s1. The Hall–Kier alpha value is -2.21. The molecule has 0 aliphatic carbocycles. The Balaban J connectivity index is 2.04. The minimum Gasteiger partial charge on any atom is -0.348 e. The maximum Gasteiger partial charge on any atom is 0.238 e. The van der Waals surface area contributed by atoms with E-state index in [1.807, 2.05) is 30.3 Å². The molecule has 0 spiro atoms. The molecular weight excluding hydrogens is 329 g/mol. The van der Waals surface area contributed by atoms with E-state index >= 15 is 0 Å². The maximum absolute atomic E-state index is 12.9. The van der Waals surface area contributed by atoms with Gasteiger partial charge in [0.05, 0.1) is 11.8 Å². The Bertz CT molecular complexity index is 789. The van der Waals surface area contributed by atoms with Crippen molar-refractivity contribution in [1.82, 2.24) is 5.32 Å². The first-order valence-electron chi connectivity index (χ1n) is 7.61. The molecular formula is C18H20FNO3S. The largest absolute Gasteiger partial charge is 0.348 e. The molecule has 6 heteroatoms. The van der Waals surface area contributed by atoms with E-state index in [1.54, 1.807) is 6.92 Å². The summed E-state index contributed by atoms with van der Waals surface area (Å²) in [4.78, 5) is 12.3. The predicted octanol–water partition coefficient (Wildman–Crippen LogP) is 3.01. The molecule has 2 rings (SSSR count). The zero-order valence-corrected chi connectivity index (χ0v) is 14.4. The number of benzene rings is 2. The Labute approximate surface area is 141 Å². The monoisotopic (exact) mass is 349 g/mol. The fraction of sp³-hybridized carbons (Fsp3) is 0.278. The molecule has 0 saturated heterocycles. The van der Waals surface area contributed by atoms with Gasteiger partial charge in [-0.15, -0.1) is 0 Å². The molecule has 2 aromatic rings. The second-order valence-corrected chi connectivity index (χ2v) is 8.04. The molecule has 0 unspecified atom stereocenters. The number of nitrogens with one attached hydrogen (secondary N) is 1. The fourth-order valence-electron chi connectivity index (χ4n) is 2.26. The molecule has 2 aromatic carbocycles. The van der Waals surface area contributed by atoms with Crippen molar-refractivity contribution in [2.45, 2.75) is 30.9 Å². The van der Waals surface area contributed by atoms with Gasteiger partial charge in [0.25, 0.3) is 0 Å². The minimum atomic E-state index is -3.69. The number of halogens is 1. The van der Waals surface area contributed by atoms with Crippen molar-refractivity contribution in [2.75, 3.05) is 0 Å². The summed E-state index contributed by atoms with van der Waals surface area (Å²) in [6.45, 7) is 3.17. The van der Waals surface area contributed by atoms with E-state index in [0.717, 1.165) is 5.56 Å². The topological polar surface area (TPSA) is 63.2 Å². The molecule has 0 fully saturated rings. The number of hydrogen-bond acceptors (Lipinski definition) is 3. The molecule has 2 atom stereocenters. The van der Waals surface area contributed by atoms with Gasteiger partial charge in [0, 0.05) is 0 Å². The highest BCUT2D eigenvalue weighted by molar-refractivity contribution is 7.92. The number of rotatable bonds is 6. The summed E-state index contributed by atoms with van der Waals surface area (Å²) in [5, 5.41) is 1.53. The molecule has 0 heterocycles.